The van der Waals surface area contributed by atoms with Gasteiger partial charge in [0.05, 0.1) is 6.10 Å². The van der Waals surface area contributed by atoms with Crippen LogP contribution in [0.15, 0.2) is 0 Å². The molecule has 1 aliphatic rings. The molecule has 0 radical (unpaired) electrons. The molecule has 0 aromatic rings. The van der Waals surface area contributed by atoms with Crippen molar-refractivity contribution in [1.82, 2.24) is 4.90 Å². The second-order valence-electron chi connectivity index (χ2n) is 5.55. The largest absolute Gasteiger partial charge is 0.481 e. The molecule has 0 saturated heterocycles. The smallest absolute Gasteiger partial charge is 0.303 e. The fraction of sp³-hybridized carbons (Fsp3) is 0.867. The van der Waals surface area contributed by atoms with E-state index < -0.39 is 5.97 Å². The number of carboxylic acids is 1. The van der Waals surface area contributed by atoms with Gasteiger partial charge < -0.3 is 14.7 Å². The number of hydrogen-bond acceptors (Lipinski definition) is 3. The minimum atomic E-state index is -0.823. The van der Waals surface area contributed by atoms with E-state index in [0.29, 0.717) is 19.4 Å². The lowest BCUT2D eigenvalue weighted by atomic mass is 9.97. The average Bonchev–Trinajstić information content (AvgIpc) is 2.44. The van der Waals surface area contributed by atoms with Crippen molar-refractivity contribution in [1.29, 1.82) is 0 Å². The second-order valence-corrected chi connectivity index (χ2v) is 5.55. The molecule has 0 aromatic heterocycles. The maximum Gasteiger partial charge on any atom is 0.303 e. The molecule has 20 heavy (non-hydrogen) atoms. The number of rotatable bonds is 8. The lowest BCUT2D eigenvalue weighted by Crippen LogP contribution is -2.40. The maximum absolute atomic E-state index is 12.3. The van der Waals surface area contributed by atoms with E-state index in [1.54, 1.807) is 11.9 Å². The highest BCUT2D eigenvalue weighted by Crippen LogP contribution is 2.22. The number of aliphatic carboxylic acids is 1. The summed E-state index contributed by atoms with van der Waals surface area (Å²) in [6, 6.07) is 0. The van der Waals surface area contributed by atoms with Crippen LogP contribution in [-0.2, 0) is 14.3 Å². The van der Waals surface area contributed by atoms with Crippen LogP contribution < -0.4 is 0 Å². The number of carboxylic acid groups (broad SMARTS) is 1. The molecule has 1 N–H and O–H groups in total. The first-order valence-electron chi connectivity index (χ1n) is 7.66. The van der Waals surface area contributed by atoms with Crippen LogP contribution in [0.1, 0.15) is 58.3 Å². The van der Waals surface area contributed by atoms with Gasteiger partial charge in [-0.1, -0.05) is 26.2 Å². The van der Waals surface area contributed by atoms with E-state index in [2.05, 4.69) is 0 Å². The van der Waals surface area contributed by atoms with Crippen LogP contribution in [0, 0.1) is 0 Å². The Labute approximate surface area is 121 Å². The third kappa shape index (κ3) is 5.90. The number of carbonyl (C=O) groups excluding carboxylic acids is 1. The lowest BCUT2D eigenvalue weighted by molar-refractivity contribution is -0.148. The Morgan fingerprint density at radius 1 is 1.30 bits per heavy atom. The van der Waals surface area contributed by atoms with Crippen molar-refractivity contribution >= 4 is 11.9 Å². The summed E-state index contributed by atoms with van der Waals surface area (Å²) < 4.78 is 5.94. The Kier molecular flexibility index (Phi) is 7.59. The van der Waals surface area contributed by atoms with E-state index in [9.17, 15) is 9.59 Å². The lowest BCUT2D eigenvalue weighted by Gasteiger charge is -2.29. The Bertz CT molecular complexity index is 313. The molecule has 0 bridgehead atoms. The average molecular weight is 285 g/mol. The molecular weight excluding hydrogens is 258 g/mol. The van der Waals surface area contributed by atoms with Crippen LogP contribution in [-0.4, -0.2) is 47.7 Å². The van der Waals surface area contributed by atoms with Crippen LogP contribution >= 0.6 is 0 Å². The summed E-state index contributed by atoms with van der Waals surface area (Å²) in [5, 5.41) is 8.61. The van der Waals surface area contributed by atoms with Gasteiger partial charge in [-0.15, -0.1) is 0 Å². The first kappa shape index (κ1) is 17.0. The third-order valence-corrected chi connectivity index (χ3v) is 3.82. The first-order valence-corrected chi connectivity index (χ1v) is 7.66. The highest BCUT2D eigenvalue weighted by atomic mass is 16.5. The van der Waals surface area contributed by atoms with Crippen molar-refractivity contribution in [2.75, 3.05) is 13.6 Å². The standard InChI is InChI=1S/C15H27NO4/c1-3-13(20-12-8-5-4-6-9-12)15(19)16(2)11-7-10-14(17)18/h12-13H,3-11H2,1-2H3,(H,17,18). The predicted octanol–water partition coefficient (Wildman–Crippen LogP) is 2.44. The van der Waals surface area contributed by atoms with Gasteiger partial charge >= 0.3 is 5.97 Å². The molecule has 116 valence electrons. The van der Waals surface area contributed by atoms with Crippen molar-refractivity contribution in [3.63, 3.8) is 0 Å². The van der Waals surface area contributed by atoms with E-state index in [1.165, 1.54) is 19.3 Å². The number of ether oxygens (including phenoxy) is 1. The third-order valence-electron chi connectivity index (χ3n) is 3.82. The number of hydrogen-bond donors (Lipinski definition) is 1. The van der Waals surface area contributed by atoms with Crippen LogP contribution in [0.4, 0.5) is 0 Å². The topological polar surface area (TPSA) is 66.8 Å². The van der Waals surface area contributed by atoms with Crippen LogP contribution in [0.5, 0.6) is 0 Å². The van der Waals surface area contributed by atoms with Crippen molar-refractivity contribution < 1.29 is 19.4 Å². The molecule has 1 saturated carbocycles. The van der Waals surface area contributed by atoms with Gasteiger partial charge in [-0.3, -0.25) is 9.59 Å². The summed E-state index contributed by atoms with van der Waals surface area (Å²) in [5.41, 5.74) is 0. The number of nitrogens with zero attached hydrogens (tertiary/aromatic N) is 1. The summed E-state index contributed by atoms with van der Waals surface area (Å²) in [7, 11) is 1.72. The fourth-order valence-electron chi connectivity index (χ4n) is 2.59. The van der Waals surface area contributed by atoms with Gasteiger partial charge in [0.1, 0.15) is 6.10 Å². The molecular formula is C15H27NO4. The Hall–Kier alpha value is -1.10. The maximum atomic E-state index is 12.3. The minimum Gasteiger partial charge on any atom is -0.481 e. The molecule has 1 fully saturated rings. The van der Waals surface area contributed by atoms with Gasteiger partial charge in [-0.25, -0.2) is 0 Å². The summed E-state index contributed by atoms with van der Waals surface area (Å²) in [4.78, 5) is 24.3. The zero-order valence-corrected chi connectivity index (χ0v) is 12.6. The van der Waals surface area contributed by atoms with Crippen LogP contribution in [0.2, 0.25) is 0 Å². The van der Waals surface area contributed by atoms with Crippen molar-refractivity contribution in [2.45, 2.75) is 70.5 Å². The van der Waals surface area contributed by atoms with E-state index >= 15 is 0 Å². The highest BCUT2D eigenvalue weighted by molar-refractivity contribution is 5.80. The molecule has 1 atom stereocenters. The molecule has 1 amide bonds. The number of likely N-dealkylation sites (N-methyl/N-ethyl adjacent to an activating group) is 1. The molecule has 0 spiro atoms. The van der Waals surface area contributed by atoms with Gasteiger partial charge in [0.15, 0.2) is 0 Å². The van der Waals surface area contributed by atoms with E-state index in [-0.39, 0.29) is 24.5 Å². The second kappa shape index (κ2) is 8.95. The summed E-state index contributed by atoms with van der Waals surface area (Å²) in [6.07, 6.45) is 6.80. The molecule has 1 aliphatic carbocycles. The zero-order chi connectivity index (χ0) is 15.0. The highest BCUT2D eigenvalue weighted by Gasteiger charge is 2.25. The quantitative estimate of drug-likeness (QED) is 0.744. The van der Waals surface area contributed by atoms with Gasteiger partial charge in [0.25, 0.3) is 5.91 Å². The summed E-state index contributed by atoms with van der Waals surface area (Å²) in [5.74, 6) is -0.847. The SMILES string of the molecule is CCC(OC1CCCCC1)C(=O)N(C)CCCC(=O)O. The van der Waals surface area contributed by atoms with Crippen molar-refractivity contribution in [2.24, 2.45) is 0 Å². The fourth-order valence-corrected chi connectivity index (χ4v) is 2.59. The van der Waals surface area contributed by atoms with Gasteiger partial charge in [-0.2, -0.15) is 0 Å². The van der Waals surface area contributed by atoms with Gasteiger partial charge in [0, 0.05) is 20.0 Å². The normalized spacial score (nSPS) is 17.7. The Balaban J connectivity index is 2.37. The van der Waals surface area contributed by atoms with Gasteiger partial charge in [0.2, 0.25) is 0 Å². The summed E-state index contributed by atoms with van der Waals surface area (Å²) in [6.45, 7) is 2.42. The molecule has 0 heterocycles. The van der Waals surface area contributed by atoms with Crippen molar-refractivity contribution in [3.8, 4) is 0 Å². The zero-order valence-electron chi connectivity index (χ0n) is 12.6. The minimum absolute atomic E-state index is 0.0246. The predicted molar refractivity (Wildman–Crippen MR) is 76.5 cm³/mol. The van der Waals surface area contributed by atoms with E-state index in [4.69, 9.17) is 9.84 Å². The first-order chi connectivity index (χ1) is 9.54. The van der Waals surface area contributed by atoms with Gasteiger partial charge in [-0.05, 0) is 25.7 Å². The molecule has 5 nitrogen and oxygen atoms in total. The Morgan fingerprint density at radius 2 is 1.95 bits per heavy atom. The van der Waals surface area contributed by atoms with Crippen LogP contribution in [0.3, 0.4) is 0 Å². The molecule has 0 aromatic carbocycles. The van der Waals surface area contributed by atoms with Crippen LogP contribution in [0.25, 0.3) is 0 Å². The molecule has 5 heteroatoms. The van der Waals surface area contributed by atoms with E-state index in [1.807, 2.05) is 6.92 Å². The van der Waals surface area contributed by atoms with Crippen molar-refractivity contribution in [3.05, 3.63) is 0 Å². The van der Waals surface area contributed by atoms with E-state index in [0.717, 1.165) is 12.8 Å². The Morgan fingerprint density at radius 3 is 2.50 bits per heavy atom. The number of amides is 1. The molecule has 1 rings (SSSR count). The number of carbonyl (C=O) groups is 2. The molecule has 1 unspecified atom stereocenters. The summed E-state index contributed by atoms with van der Waals surface area (Å²) >= 11 is 0. The monoisotopic (exact) mass is 285 g/mol. The molecule has 0 aliphatic heterocycles.